The van der Waals surface area contributed by atoms with Crippen LogP contribution in [0.25, 0.3) is 10.9 Å². The van der Waals surface area contributed by atoms with Crippen LogP contribution in [0.15, 0.2) is 36.5 Å². The minimum Gasteiger partial charge on any atom is -0.373 e. The van der Waals surface area contributed by atoms with Gasteiger partial charge >= 0.3 is 0 Å². The van der Waals surface area contributed by atoms with Crippen LogP contribution >= 0.6 is 0 Å². The Balaban J connectivity index is 1.86. The summed E-state index contributed by atoms with van der Waals surface area (Å²) >= 11 is 0. The number of fused-ring (bicyclic) bond motifs is 1. The molecule has 2 heterocycles. The maximum Gasteiger partial charge on any atom is 0.0873 e. The zero-order valence-electron chi connectivity index (χ0n) is 12.0. The molecule has 1 aliphatic heterocycles. The van der Waals surface area contributed by atoms with Crippen LogP contribution in [0.4, 0.5) is 0 Å². The van der Waals surface area contributed by atoms with Crippen molar-refractivity contribution in [3.05, 3.63) is 42.1 Å². The predicted octanol–water partition coefficient (Wildman–Crippen LogP) is 3.31. The van der Waals surface area contributed by atoms with E-state index in [2.05, 4.69) is 41.5 Å². The molecule has 2 aromatic rings. The second-order valence-electron chi connectivity index (χ2n) is 5.46. The Morgan fingerprint density at radius 1 is 1.30 bits per heavy atom. The number of para-hydroxylation sites is 1. The summed E-state index contributed by atoms with van der Waals surface area (Å²) in [6.45, 7) is 5.18. The second kappa shape index (κ2) is 6.33. The highest BCUT2D eigenvalue weighted by molar-refractivity contribution is 5.82. The number of pyridine rings is 1. The summed E-state index contributed by atoms with van der Waals surface area (Å²) in [5.74, 6) is 0.562. The van der Waals surface area contributed by atoms with Gasteiger partial charge in [-0.15, -0.1) is 0 Å². The minimum absolute atomic E-state index is 0.201. The van der Waals surface area contributed by atoms with E-state index in [1.807, 2.05) is 12.3 Å². The number of nitrogens with zero attached hydrogens (tertiary/aromatic N) is 1. The molecule has 1 aromatic carbocycles. The average Bonchev–Trinajstić information content (AvgIpc) is 2.95. The Kier molecular flexibility index (Phi) is 4.28. The van der Waals surface area contributed by atoms with Gasteiger partial charge < -0.3 is 10.1 Å². The third kappa shape index (κ3) is 2.69. The van der Waals surface area contributed by atoms with Gasteiger partial charge in [0.05, 0.1) is 11.6 Å². The average molecular weight is 270 g/mol. The predicted molar refractivity (Wildman–Crippen MR) is 81.7 cm³/mol. The molecule has 0 amide bonds. The van der Waals surface area contributed by atoms with Crippen molar-refractivity contribution >= 4 is 10.9 Å². The van der Waals surface area contributed by atoms with Crippen LogP contribution in [0.1, 0.15) is 31.4 Å². The molecule has 0 bridgehead atoms. The van der Waals surface area contributed by atoms with E-state index >= 15 is 0 Å². The molecule has 2 unspecified atom stereocenters. The van der Waals surface area contributed by atoms with Crippen molar-refractivity contribution in [3.8, 4) is 0 Å². The summed E-state index contributed by atoms with van der Waals surface area (Å²) in [6, 6.07) is 10.4. The number of rotatable bonds is 5. The minimum atomic E-state index is 0.201. The highest BCUT2D eigenvalue weighted by atomic mass is 16.5. The summed E-state index contributed by atoms with van der Waals surface area (Å²) in [5, 5.41) is 4.75. The van der Waals surface area contributed by atoms with E-state index in [9.17, 15) is 0 Å². The molecule has 1 saturated heterocycles. The molecule has 0 spiro atoms. The van der Waals surface area contributed by atoms with Crippen molar-refractivity contribution in [1.82, 2.24) is 10.3 Å². The van der Waals surface area contributed by atoms with Crippen LogP contribution in [0.5, 0.6) is 0 Å². The molecule has 1 aliphatic rings. The molecule has 1 aromatic heterocycles. The van der Waals surface area contributed by atoms with Gasteiger partial charge in [-0.25, -0.2) is 0 Å². The molecule has 2 atom stereocenters. The SMILES string of the molecule is CCCNCC1CCOC1c1ccnc2ccccc12. The van der Waals surface area contributed by atoms with Gasteiger partial charge in [0, 0.05) is 30.7 Å². The second-order valence-corrected chi connectivity index (χ2v) is 5.46. The fourth-order valence-electron chi connectivity index (χ4n) is 3.02. The molecule has 1 fully saturated rings. The zero-order valence-corrected chi connectivity index (χ0v) is 12.0. The van der Waals surface area contributed by atoms with Gasteiger partial charge in [-0.1, -0.05) is 25.1 Å². The van der Waals surface area contributed by atoms with Crippen LogP contribution in [-0.4, -0.2) is 24.7 Å². The van der Waals surface area contributed by atoms with Crippen LogP contribution in [0, 0.1) is 5.92 Å². The monoisotopic (exact) mass is 270 g/mol. The lowest BCUT2D eigenvalue weighted by atomic mass is 9.93. The van der Waals surface area contributed by atoms with Gasteiger partial charge in [0.25, 0.3) is 0 Å². The third-order valence-electron chi connectivity index (χ3n) is 4.04. The smallest absolute Gasteiger partial charge is 0.0873 e. The highest BCUT2D eigenvalue weighted by Crippen LogP contribution is 2.37. The van der Waals surface area contributed by atoms with E-state index in [0.717, 1.165) is 31.6 Å². The molecule has 3 nitrogen and oxygen atoms in total. The summed E-state index contributed by atoms with van der Waals surface area (Å²) in [6.07, 6.45) is 4.41. The Bertz CT molecular complexity index is 564. The number of ether oxygens (including phenoxy) is 1. The van der Waals surface area contributed by atoms with Crippen LogP contribution in [0.3, 0.4) is 0 Å². The number of aromatic nitrogens is 1. The number of hydrogen-bond donors (Lipinski definition) is 1. The molecule has 3 rings (SSSR count). The van der Waals surface area contributed by atoms with Crippen molar-refractivity contribution in [1.29, 1.82) is 0 Å². The van der Waals surface area contributed by atoms with E-state index < -0.39 is 0 Å². The van der Waals surface area contributed by atoms with E-state index in [0.29, 0.717) is 5.92 Å². The number of hydrogen-bond acceptors (Lipinski definition) is 3. The lowest BCUT2D eigenvalue weighted by Crippen LogP contribution is -2.25. The molecule has 0 aliphatic carbocycles. The first-order valence-corrected chi connectivity index (χ1v) is 7.56. The zero-order chi connectivity index (χ0) is 13.8. The first-order chi connectivity index (χ1) is 9.90. The summed E-state index contributed by atoms with van der Waals surface area (Å²) < 4.78 is 6.02. The first kappa shape index (κ1) is 13.5. The Morgan fingerprint density at radius 2 is 2.20 bits per heavy atom. The van der Waals surface area contributed by atoms with Gasteiger partial charge in [-0.05, 0) is 37.1 Å². The Labute approximate surface area is 120 Å². The topological polar surface area (TPSA) is 34.1 Å². The number of nitrogens with one attached hydrogen (secondary N) is 1. The lowest BCUT2D eigenvalue weighted by molar-refractivity contribution is 0.0917. The van der Waals surface area contributed by atoms with Gasteiger partial charge in [-0.2, -0.15) is 0 Å². The maximum atomic E-state index is 6.02. The van der Waals surface area contributed by atoms with E-state index in [1.54, 1.807) is 0 Å². The fraction of sp³-hybridized carbons (Fsp3) is 0.471. The molecule has 1 N–H and O–H groups in total. The van der Waals surface area contributed by atoms with Crippen molar-refractivity contribution in [2.45, 2.75) is 25.9 Å². The largest absolute Gasteiger partial charge is 0.373 e. The molecule has 0 saturated carbocycles. The van der Waals surface area contributed by atoms with Gasteiger partial charge in [0.15, 0.2) is 0 Å². The van der Waals surface area contributed by atoms with Crippen molar-refractivity contribution in [2.75, 3.05) is 19.7 Å². The van der Waals surface area contributed by atoms with E-state index in [-0.39, 0.29) is 6.10 Å². The summed E-state index contributed by atoms with van der Waals surface area (Å²) in [5.41, 5.74) is 2.34. The summed E-state index contributed by atoms with van der Waals surface area (Å²) in [4.78, 5) is 4.44. The van der Waals surface area contributed by atoms with Gasteiger partial charge in [0.1, 0.15) is 0 Å². The Morgan fingerprint density at radius 3 is 3.10 bits per heavy atom. The highest BCUT2D eigenvalue weighted by Gasteiger charge is 2.30. The maximum absolute atomic E-state index is 6.02. The molecule has 20 heavy (non-hydrogen) atoms. The van der Waals surface area contributed by atoms with Gasteiger partial charge in [0.2, 0.25) is 0 Å². The van der Waals surface area contributed by atoms with Crippen LogP contribution in [-0.2, 0) is 4.74 Å². The molecular weight excluding hydrogens is 248 g/mol. The third-order valence-corrected chi connectivity index (χ3v) is 4.04. The molecule has 106 valence electrons. The standard InChI is InChI=1S/C17H22N2O/c1-2-9-18-12-13-8-11-20-17(13)15-7-10-19-16-6-4-3-5-14(15)16/h3-7,10,13,17-18H,2,8-9,11-12H2,1H3. The quantitative estimate of drug-likeness (QED) is 0.846. The fourth-order valence-corrected chi connectivity index (χ4v) is 3.02. The van der Waals surface area contributed by atoms with Crippen molar-refractivity contribution in [2.24, 2.45) is 5.92 Å². The first-order valence-electron chi connectivity index (χ1n) is 7.56. The van der Waals surface area contributed by atoms with Crippen LogP contribution < -0.4 is 5.32 Å². The van der Waals surface area contributed by atoms with E-state index in [4.69, 9.17) is 4.74 Å². The lowest BCUT2D eigenvalue weighted by Gasteiger charge is -2.20. The molecule has 3 heteroatoms. The Hall–Kier alpha value is -1.45. The van der Waals surface area contributed by atoms with Crippen molar-refractivity contribution < 1.29 is 4.74 Å². The number of benzene rings is 1. The van der Waals surface area contributed by atoms with Crippen molar-refractivity contribution in [3.63, 3.8) is 0 Å². The normalized spacial score (nSPS) is 22.4. The molecule has 0 radical (unpaired) electrons. The van der Waals surface area contributed by atoms with E-state index in [1.165, 1.54) is 17.4 Å². The summed E-state index contributed by atoms with van der Waals surface area (Å²) in [7, 11) is 0. The molecular formula is C17H22N2O. The van der Waals surface area contributed by atoms with Gasteiger partial charge in [-0.3, -0.25) is 4.98 Å². The van der Waals surface area contributed by atoms with Crippen LogP contribution in [0.2, 0.25) is 0 Å².